The molecular formula is C29H28N4O2. The fourth-order valence-corrected chi connectivity index (χ4v) is 4.74. The molecule has 0 aromatic heterocycles. The van der Waals surface area contributed by atoms with Crippen molar-refractivity contribution in [1.82, 2.24) is 9.91 Å². The molecule has 0 N–H and O–H groups in total. The number of fused-ring (bicyclic) bond motifs is 3. The zero-order valence-corrected chi connectivity index (χ0v) is 20.0. The summed E-state index contributed by atoms with van der Waals surface area (Å²) in [5.74, 6) is 0.542. The number of carbonyl (C=O) groups is 1. The Kier molecular flexibility index (Phi) is 6.35. The Morgan fingerprint density at radius 1 is 1.06 bits per heavy atom. The fraction of sp³-hybridized carbons (Fsp3) is 0.276. The number of rotatable bonds is 7. The van der Waals surface area contributed by atoms with Gasteiger partial charge in [-0.1, -0.05) is 56.3 Å². The van der Waals surface area contributed by atoms with Gasteiger partial charge in [-0.2, -0.15) is 10.4 Å². The zero-order chi connectivity index (χ0) is 24.4. The van der Waals surface area contributed by atoms with Crippen LogP contribution >= 0.6 is 0 Å². The summed E-state index contributed by atoms with van der Waals surface area (Å²) in [6.07, 6.45) is -0.158. The summed E-state index contributed by atoms with van der Waals surface area (Å²) < 4.78 is 6.19. The van der Waals surface area contributed by atoms with Crippen LogP contribution in [0.1, 0.15) is 58.9 Å². The Balaban J connectivity index is 1.44. The SMILES string of the molecule is CCN(CC)Cc1ccc(C2=NN3C(C(=O)c4ccc(C#N)cc4)Oc4ccccc4C3C2)cc1. The minimum atomic E-state index is -0.859. The average Bonchev–Trinajstić information content (AvgIpc) is 3.37. The molecule has 2 aliphatic rings. The first-order valence-corrected chi connectivity index (χ1v) is 12.1. The molecule has 5 rings (SSSR count). The number of nitrogens with zero attached hydrogens (tertiary/aromatic N) is 4. The van der Waals surface area contributed by atoms with Gasteiger partial charge in [-0.05, 0) is 54.5 Å². The second kappa shape index (κ2) is 9.73. The van der Waals surface area contributed by atoms with Gasteiger partial charge in [-0.3, -0.25) is 9.69 Å². The van der Waals surface area contributed by atoms with Gasteiger partial charge in [-0.15, -0.1) is 0 Å². The van der Waals surface area contributed by atoms with E-state index in [1.165, 1.54) is 5.56 Å². The van der Waals surface area contributed by atoms with Crippen molar-refractivity contribution in [3.8, 4) is 11.8 Å². The fourth-order valence-electron chi connectivity index (χ4n) is 4.74. The summed E-state index contributed by atoms with van der Waals surface area (Å²) in [5, 5.41) is 15.8. The van der Waals surface area contributed by atoms with E-state index >= 15 is 0 Å². The summed E-state index contributed by atoms with van der Waals surface area (Å²) in [6, 6.07) is 25.1. The number of carbonyl (C=O) groups excluding carboxylic acids is 1. The van der Waals surface area contributed by atoms with Crippen molar-refractivity contribution < 1.29 is 9.53 Å². The van der Waals surface area contributed by atoms with Crippen LogP contribution in [0.5, 0.6) is 5.75 Å². The first-order valence-electron chi connectivity index (χ1n) is 12.1. The van der Waals surface area contributed by atoms with Gasteiger partial charge in [0.2, 0.25) is 5.78 Å². The summed E-state index contributed by atoms with van der Waals surface area (Å²) in [6.45, 7) is 7.33. The van der Waals surface area contributed by atoms with Crippen molar-refractivity contribution in [1.29, 1.82) is 5.26 Å². The highest BCUT2D eigenvalue weighted by molar-refractivity contribution is 6.03. The van der Waals surface area contributed by atoms with E-state index in [1.807, 2.05) is 29.3 Å². The molecule has 2 atom stereocenters. The predicted molar refractivity (Wildman–Crippen MR) is 135 cm³/mol. The largest absolute Gasteiger partial charge is 0.461 e. The molecule has 0 bridgehead atoms. The van der Waals surface area contributed by atoms with E-state index in [2.05, 4.69) is 49.1 Å². The maximum Gasteiger partial charge on any atom is 0.251 e. The van der Waals surface area contributed by atoms with E-state index in [0.29, 0.717) is 23.3 Å². The lowest BCUT2D eigenvalue weighted by atomic mass is 9.95. The van der Waals surface area contributed by atoms with Crippen molar-refractivity contribution >= 4 is 11.5 Å². The van der Waals surface area contributed by atoms with Gasteiger partial charge in [0.15, 0.2) is 0 Å². The molecule has 0 fully saturated rings. The Labute approximate surface area is 206 Å². The lowest BCUT2D eigenvalue weighted by Crippen LogP contribution is -2.45. The lowest BCUT2D eigenvalue weighted by Gasteiger charge is -2.37. The maximum absolute atomic E-state index is 13.5. The van der Waals surface area contributed by atoms with Crippen LogP contribution in [0.15, 0.2) is 77.9 Å². The first-order chi connectivity index (χ1) is 17.1. The molecule has 35 heavy (non-hydrogen) atoms. The molecule has 0 saturated carbocycles. The van der Waals surface area contributed by atoms with E-state index < -0.39 is 6.23 Å². The standard InChI is InChI=1S/C29H28N4O2/c1-3-32(4-2)19-21-11-13-22(14-12-21)25-17-26-24-7-5-6-8-27(24)35-29(33(26)31-25)28(34)23-15-9-20(18-30)10-16-23/h5-16,26,29H,3-4,17,19H2,1-2H3. The Bertz CT molecular complexity index is 1290. The molecule has 0 spiro atoms. The molecule has 2 unspecified atom stereocenters. The number of hydrazone groups is 1. The molecule has 176 valence electrons. The predicted octanol–water partition coefficient (Wildman–Crippen LogP) is 5.15. The number of ketones is 1. The van der Waals surface area contributed by atoms with Gasteiger partial charge in [0, 0.05) is 24.1 Å². The number of benzene rings is 3. The van der Waals surface area contributed by atoms with E-state index in [9.17, 15) is 4.79 Å². The normalized spacial score (nSPS) is 18.3. The van der Waals surface area contributed by atoms with Crippen molar-refractivity contribution in [3.05, 3.63) is 101 Å². The molecule has 0 aliphatic carbocycles. The number of hydrogen-bond donors (Lipinski definition) is 0. The van der Waals surface area contributed by atoms with Gasteiger partial charge in [-0.25, -0.2) is 5.01 Å². The van der Waals surface area contributed by atoms with Gasteiger partial charge in [0.05, 0.1) is 23.4 Å². The van der Waals surface area contributed by atoms with Gasteiger partial charge >= 0.3 is 0 Å². The summed E-state index contributed by atoms with van der Waals surface area (Å²) in [5.41, 5.74) is 5.33. The Morgan fingerprint density at radius 2 is 1.77 bits per heavy atom. The first kappa shape index (κ1) is 22.8. The molecule has 2 heterocycles. The third-order valence-corrected chi connectivity index (χ3v) is 6.81. The third-order valence-electron chi connectivity index (χ3n) is 6.81. The van der Waals surface area contributed by atoms with Crippen LogP contribution in [0.2, 0.25) is 0 Å². The van der Waals surface area contributed by atoms with E-state index in [1.54, 1.807) is 24.3 Å². The van der Waals surface area contributed by atoms with Crippen LogP contribution in [0.3, 0.4) is 0 Å². The van der Waals surface area contributed by atoms with Gasteiger partial charge in [0.25, 0.3) is 6.23 Å². The van der Waals surface area contributed by atoms with E-state index in [4.69, 9.17) is 15.1 Å². The van der Waals surface area contributed by atoms with Crippen LogP contribution in [-0.4, -0.2) is 40.7 Å². The molecule has 2 aliphatic heterocycles. The molecule has 3 aromatic rings. The van der Waals surface area contributed by atoms with Crippen molar-refractivity contribution in [2.24, 2.45) is 5.10 Å². The highest BCUT2D eigenvalue weighted by Crippen LogP contribution is 2.43. The minimum absolute atomic E-state index is 0.0716. The number of ether oxygens (including phenoxy) is 1. The molecule has 0 amide bonds. The quantitative estimate of drug-likeness (QED) is 0.452. The molecular weight excluding hydrogens is 436 g/mol. The topological polar surface area (TPSA) is 68.9 Å². The average molecular weight is 465 g/mol. The van der Waals surface area contributed by atoms with Gasteiger partial charge in [0.1, 0.15) is 5.75 Å². The lowest BCUT2D eigenvalue weighted by molar-refractivity contribution is -0.00455. The second-order valence-electron chi connectivity index (χ2n) is 8.87. The van der Waals surface area contributed by atoms with Gasteiger partial charge < -0.3 is 4.74 Å². The number of para-hydroxylation sites is 1. The smallest absolute Gasteiger partial charge is 0.251 e. The van der Waals surface area contributed by atoms with Crippen LogP contribution in [-0.2, 0) is 6.54 Å². The summed E-state index contributed by atoms with van der Waals surface area (Å²) >= 11 is 0. The monoisotopic (exact) mass is 464 g/mol. The summed E-state index contributed by atoms with van der Waals surface area (Å²) in [7, 11) is 0. The number of nitriles is 1. The minimum Gasteiger partial charge on any atom is -0.461 e. The molecule has 3 aromatic carbocycles. The summed E-state index contributed by atoms with van der Waals surface area (Å²) in [4.78, 5) is 15.9. The molecule has 6 heteroatoms. The molecule has 6 nitrogen and oxygen atoms in total. The van der Waals surface area contributed by atoms with Crippen LogP contribution in [0.4, 0.5) is 0 Å². The zero-order valence-electron chi connectivity index (χ0n) is 20.0. The number of hydrogen-bond acceptors (Lipinski definition) is 6. The van der Waals surface area contributed by atoms with Crippen LogP contribution < -0.4 is 4.74 Å². The Hall–Kier alpha value is -3.95. The third kappa shape index (κ3) is 4.43. The van der Waals surface area contributed by atoms with Crippen LogP contribution in [0.25, 0.3) is 0 Å². The van der Waals surface area contributed by atoms with Crippen molar-refractivity contribution in [3.63, 3.8) is 0 Å². The highest BCUT2D eigenvalue weighted by Gasteiger charge is 2.43. The van der Waals surface area contributed by atoms with Crippen molar-refractivity contribution in [2.75, 3.05) is 13.1 Å². The highest BCUT2D eigenvalue weighted by atomic mass is 16.5. The second-order valence-corrected chi connectivity index (χ2v) is 8.87. The molecule has 0 radical (unpaired) electrons. The van der Waals surface area contributed by atoms with Crippen LogP contribution in [0, 0.1) is 11.3 Å². The molecule has 0 saturated heterocycles. The van der Waals surface area contributed by atoms with Crippen molar-refractivity contribution in [2.45, 2.75) is 39.1 Å². The number of Topliss-reactive ketones (excluding diaryl/α,β-unsaturated/α-hetero) is 1. The van der Waals surface area contributed by atoms with E-state index in [-0.39, 0.29) is 11.8 Å². The Morgan fingerprint density at radius 3 is 2.46 bits per heavy atom. The van der Waals surface area contributed by atoms with E-state index in [0.717, 1.165) is 36.5 Å². The maximum atomic E-state index is 13.5.